The van der Waals surface area contributed by atoms with Crippen LogP contribution in [0.1, 0.15) is 0 Å². The molecule has 0 atom stereocenters. The molecule has 0 unspecified atom stereocenters. The van der Waals surface area contributed by atoms with Crippen molar-refractivity contribution >= 4 is 33.3 Å². The van der Waals surface area contributed by atoms with Gasteiger partial charge in [-0.1, -0.05) is 41.9 Å². The van der Waals surface area contributed by atoms with Crippen molar-refractivity contribution in [2.24, 2.45) is 0 Å². The summed E-state index contributed by atoms with van der Waals surface area (Å²) >= 11 is 6.20. The highest BCUT2D eigenvalue weighted by Crippen LogP contribution is 2.29. The highest BCUT2D eigenvalue weighted by atomic mass is 35.5. The molecule has 1 aromatic heterocycles. The second-order valence-corrected chi connectivity index (χ2v) is 3.89. The number of fused-ring (bicyclic) bond motifs is 3. The SMILES string of the molecule is Clc1cccc2ncc3ccccc3c12. The minimum atomic E-state index is 0.761. The molecule has 0 N–H and O–H groups in total. The fourth-order valence-electron chi connectivity index (χ4n) is 1.86. The van der Waals surface area contributed by atoms with E-state index in [1.807, 2.05) is 42.6 Å². The molecule has 0 aliphatic rings. The highest BCUT2D eigenvalue weighted by Gasteiger charge is 2.03. The van der Waals surface area contributed by atoms with Gasteiger partial charge in [0.1, 0.15) is 0 Å². The Morgan fingerprint density at radius 3 is 2.73 bits per heavy atom. The molecule has 0 aliphatic carbocycles. The van der Waals surface area contributed by atoms with Crippen LogP contribution in [0.4, 0.5) is 0 Å². The van der Waals surface area contributed by atoms with E-state index in [0.29, 0.717) is 0 Å². The molecule has 0 saturated carbocycles. The van der Waals surface area contributed by atoms with E-state index in [0.717, 1.165) is 26.7 Å². The van der Waals surface area contributed by atoms with Gasteiger partial charge in [0.05, 0.1) is 10.5 Å². The van der Waals surface area contributed by atoms with Crippen molar-refractivity contribution in [2.75, 3.05) is 0 Å². The van der Waals surface area contributed by atoms with Crippen LogP contribution in [0.2, 0.25) is 5.02 Å². The minimum absolute atomic E-state index is 0.761. The molecule has 0 spiro atoms. The number of nitrogens with zero attached hydrogens (tertiary/aromatic N) is 1. The van der Waals surface area contributed by atoms with Gasteiger partial charge in [-0.3, -0.25) is 4.98 Å². The van der Waals surface area contributed by atoms with Crippen molar-refractivity contribution in [2.45, 2.75) is 0 Å². The molecule has 2 aromatic carbocycles. The maximum Gasteiger partial charge on any atom is 0.0723 e. The average Bonchev–Trinajstić information content (AvgIpc) is 2.29. The van der Waals surface area contributed by atoms with E-state index in [1.165, 1.54) is 0 Å². The third-order valence-corrected chi connectivity index (χ3v) is 2.88. The van der Waals surface area contributed by atoms with E-state index in [4.69, 9.17) is 11.6 Å². The summed E-state index contributed by atoms with van der Waals surface area (Å²) in [5.41, 5.74) is 0.946. The van der Waals surface area contributed by atoms with E-state index in [1.54, 1.807) is 0 Å². The maximum absolute atomic E-state index is 6.20. The lowest BCUT2D eigenvalue weighted by Crippen LogP contribution is -1.82. The van der Waals surface area contributed by atoms with Gasteiger partial charge in [0.2, 0.25) is 0 Å². The Morgan fingerprint density at radius 1 is 0.933 bits per heavy atom. The summed E-state index contributed by atoms with van der Waals surface area (Å²) in [5, 5.41) is 4.08. The van der Waals surface area contributed by atoms with Crippen molar-refractivity contribution < 1.29 is 0 Å². The number of benzene rings is 2. The molecule has 0 radical (unpaired) electrons. The van der Waals surface area contributed by atoms with Crippen molar-refractivity contribution in [3.05, 3.63) is 53.7 Å². The number of rotatable bonds is 0. The van der Waals surface area contributed by atoms with Crippen LogP contribution in [-0.4, -0.2) is 4.98 Å². The summed E-state index contributed by atoms with van der Waals surface area (Å²) in [4.78, 5) is 4.39. The van der Waals surface area contributed by atoms with Crippen molar-refractivity contribution in [3.63, 3.8) is 0 Å². The van der Waals surface area contributed by atoms with E-state index >= 15 is 0 Å². The first-order chi connectivity index (χ1) is 7.36. The Hall–Kier alpha value is -1.60. The predicted molar refractivity (Wildman–Crippen MR) is 64.3 cm³/mol. The van der Waals surface area contributed by atoms with Gasteiger partial charge in [-0.2, -0.15) is 0 Å². The normalized spacial score (nSPS) is 11.0. The summed E-state index contributed by atoms with van der Waals surface area (Å²) < 4.78 is 0. The van der Waals surface area contributed by atoms with Crippen LogP contribution in [0, 0.1) is 0 Å². The van der Waals surface area contributed by atoms with Crippen LogP contribution < -0.4 is 0 Å². The Kier molecular flexibility index (Phi) is 1.86. The second-order valence-electron chi connectivity index (χ2n) is 3.48. The standard InChI is InChI=1S/C13H8ClN/c14-11-6-3-7-12-13(11)10-5-2-1-4-9(10)8-15-12/h1-8H. The molecule has 72 valence electrons. The first kappa shape index (κ1) is 8.69. The van der Waals surface area contributed by atoms with Gasteiger partial charge in [-0.25, -0.2) is 0 Å². The molecule has 0 saturated heterocycles. The zero-order valence-electron chi connectivity index (χ0n) is 7.94. The largest absolute Gasteiger partial charge is 0.256 e. The fraction of sp³-hybridized carbons (Fsp3) is 0. The monoisotopic (exact) mass is 213 g/mol. The molecule has 3 aromatic rings. The molecule has 0 fully saturated rings. The molecule has 1 heterocycles. The Labute approximate surface area is 92.3 Å². The van der Waals surface area contributed by atoms with Crippen molar-refractivity contribution in [3.8, 4) is 0 Å². The van der Waals surface area contributed by atoms with Gasteiger partial charge in [0.15, 0.2) is 0 Å². The number of halogens is 1. The molecule has 0 aliphatic heterocycles. The molecular weight excluding hydrogens is 206 g/mol. The summed E-state index contributed by atoms with van der Waals surface area (Å²) in [6, 6.07) is 14.0. The number of pyridine rings is 1. The summed E-state index contributed by atoms with van der Waals surface area (Å²) in [6.07, 6.45) is 1.88. The Balaban J connectivity index is 2.64. The van der Waals surface area contributed by atoms with Gasteiger partial charge < -0.3 is 0 Å². The zero-order chi connectivity index (χ0) is 10.3. The summed E-state index contributed by atoms with van der Waals surface area (Å²) in [7, 11) is 0. The Bertz CT molecular complexity index is 646. The summed E-state index contributed by atoms with van der Waals surface area (Å²) in [5.74, 6) is 0. The smallest absolute Gasteiger partial charge is 0.0723 e. The minimum Gasteiger partial charge on any atom is -0.256 e. The fourth-order valence-corrected chi connectivity index (χ4v) is 2.13. The lowest BCUT2D eigenvalue weighted by molar-refractivity contribution is 1.44. The lowest BCUT2D eigenvalue weighted by Gasteiger charge is -2.03. The van der Waals surface area contributed by atoms with Gasteiger partial charge in [0, 0.05) is 17.0 Å². The molecule has 2 heteroatoms. The lowest BCUT2D eigenvalue weighted by atomic mass is 10.1. The van der Waals surface area contributed by atoms with Crippen LogP contribution in [0.3, 0.4) is 0 Å². The van der Waals surface area contributed by atoms with E-state index < -0.39 is 0 Å². The second kappa shape index (κ2) is 3.21. The zero-order valence-corrected chi connectivity index (χ0v) is 8.70. The van der Waals surface area contributed by atoms with Crippen molar-refractivity contribution in [1.29, 1.82) is 0 Å². The molecule has 0 bridgehead atoms. The molecule has 3 rings (SSSR count). The average molecular weight is 214 g/mol. The number of hydrogen-bond donors (Lipinski definition) is 0. The first-order valence-corrected chi connectivity index (χ1v) is 5.16. The van der Waals surface area contributed by atoms with Crippen LogP contribution in [0.15, 0.2) is 48.7 Å². The van der Waals surface area contributed by atoms with Crippen LogP contribution in [0.5, 0.6) is 0 Å². The van der Waals surface area contributed by atoms with E-state index in [9.17, 15) is 0 Å². The highest BCUT2D eigenvalue weighted by molar-refractivity contribution is 6.37. The maximum atomic E-state index is 6.20. The van der Waals surface area contributed by atoms with E-state index in [2.05, 4.69) is 11.1 Å². The quantitative estimate of drug-likeness (QED) is 0.514. The van der Waals surface area contributed by atoms with Gasteiger partial charge in [-0.15, -0.1) is 0 Å². The molecule has 15 heavy (non-hydrogen) atoms. The van der Waals surface area contributed by atoms with E-state index in [-0.39, 0.29) is 0 Å². The summed E-state index contributed by atoms with van der Waals surface area (Å²) in [6.45, 7) is 0. The predicted octanol–water partition coefficient (Wildman–Crippen LogP) is 4.04. The van der Waals surface area contributed by atoms with Crippen LogP contribution in [0.25, 0.3) is 21.7 Å². The van der Waals surface area contributed by atoms with Gasteiger partial charge in [0.25, 0.3) is 0 Å². The molecule has 1 nitrogen and oxygen atoms in total. The van der Waals surface area contributed by atoms with Crippen LogP contribution >= 0.6 is 11.6 Å². The van der Waals surface area contributed by atoms with Crippen LogP contribution in [-0.2, 0) is 0 Å². The molecule has 0 amide bonds. The number of hydrogen-bond acceptors (Lipinski definition) is 1. The third kappa shape index (κ3) is 1.28. The van der Waals surface area contributed by atoms with Crippen molar-refractivity contribution in [1.82, 2.24) is 4.98 Å². The van der Waals surface area contributed by atoms with Gasteiger partial charge >= 0.3 is 0 Å². The Morgan fingerprint density at radius 2 is 1.80 bits per heavy atom. The first-order valence-electron chi connectivity index (χ1n) is 4.78. The topological polar surface area (TPSA) is 12.9 Å². The van der Waals surface area contributed by atoms with Gasteiger partial charge in [-0.05, 0) is 17.5 Å². The third-order valence-electron chi connectivity index (χ3n) is 2.56. The molecular formula is C13H8ClN. The number of aromatic nitrogens is 1.